The summed E-state index contributed by atoms with van der Waals surface area (Å²) in [4.78, 5) is 10.5. The highest BCUT2D eigenvalue weighted by atomic mass is 16.5. The molecule has 0 aromatic carbocycles. The molecule has 0 atom stereocenters. The van der Waals surface area contributed by atoms with Crippen LogP contribution < -0.4 is 10.1 Å². The lowest BCUT2D eigenvalue weighted by atomic mass is 10.4. The quantitative estimate of drug-likeness (QED) is 0.805. The van der Waals surface area contributed by atoms with Gasteiger partial charge < -0.3 is 10.1 Å². The van der Waals surface area contributed by atoms with E-state index in [9.17, 15) is 0 Å². The lowest BCUT2D eigenvalue weighted by Gasteiger charge is -2.14. The molecular weight excluding hydrogens is 204 g/mol. The Balaban J connectivity index is 1.75. The van der Waals surface area contributed by atoms with Crippen LogP contribution in [0.3, 0.4) is 0 Å². The van der Waals surface area contributed by atoms with E-state index in [0.29, 0.717) is 12.5 Å². The lowest BCUT2D eigenvalue weighted by Crippen LogP contribution is -2.25. The smallest absolute Gasteiger partial charge is 0.218 e. The standard InChI is InChI=1S/C11H18N4O/c1-12-10-8-11(14-9-13-10)16-7-6-15-4-2-3-5-15/h8-9H,2-7H2,1H3,(H,12,13,14). The molecule has 0 spiro atoms. The summed E-state index contributed by atoms with van der Waals surface area (Å²) in [5.41, 5.74) is 0. The Kier molecular flexibility index (Phi) is 3.93. The molecule has 88 valence electrons. The molecule has 5 nitrogen and oxygen atoms in total. The van der Waals surface area contributed by atoms with Crippen LogP contribution in [0.1, 0.15) is 12.8 Å². The van der Waals surface area contributed by atoms with E-state index in [-0.39, 0.29) is 0 Å². The van der Waals surface area contributed by atoms with Gasteiger partial charge in [-0.3, -0.25) is 4.90 Å². The summed E-state index contributed by atoms with van der Waals surface area (Å²) in [7, 11) is 1.83. The highest BCUT2D eigenvalue weighted by Gasteiger charge is 2.10. The zero-order valence-corrected chi connectivity index (χ0v) is 9.65. The molecule has 2 rings (SSSR count). The maximum absolute atomic E-state index is 5.58. The van der Waals surface area contributed by atoms with E-state index in [4.69, 9.17) is 4.74 Å². The Hall–Kier alpha value is -1.36. The van der Waals surface area contributed by atoms with Gasteiger partial charge in [0.15, 0.2) is 0 Å². The highest BCUT2D eigenvalue weighted by Crippen LogP contribution is 2.11. The summed E-state index contributed by atoms with van der Waals surface area (Å²) >= 11 is 0. The fourth-order valence-corrected chi connectivity index (χ4v) is 1.84. The van der Waals surface area contributed by atoms with Crippen molar-refractivity contribution in [1.29, 1.82) is 0 Å². The summed E-state index contributed by atoms with van der Waals surface area (Å²) in [6, 6.07) is 1.81. The molecule has 1 aromatic rings. The molecule has 16 heavy (non-hydrogen) atoms. The van der Waals surface area contributed by atoms with Gasteiger partial charge in [-0.25, -0.2) is 9.97 Å². The number of ether oxygens (including phenoxy) is 1. The van der Waals surface area contributed by atoms with E-state index in [2.05, 4.69) is 20.2 Å². The van der Waals surface area contributed by atoms with Gasteiger partial charge in [-0.15, -0.1) is 0 Å². The third-order valence-electron chi connectivity index (χ3n) is 2.75. The summed E-state index contributed by atoms with van der Waals surface area (Å²) in [6.45, 7) is 4.09. The van der Waals surface area contributed by atoms with Crippen LogP contribution in [0, 0.1) is 0 Å². The molecule has 1 aliphatic heterocycles. The van der Waals surface area contributed by atoms with E-state index in [1.807, 2.05) is 13.1 Å². The minimum Gasteiger partial charge on any atom is -0.476 e. The number of nitrogens with one attached hydrogen (secondary N) is 1. The van der Waals surface area contributed by atoms with Crippen LogP contribution in [-0.4, -0.2) is 48.2 Å². The van der Waals surface area contributed by atoms with Crippen molar-refractivity contribution in [3.63, 3.8) is 0 Å². The van der Waals surface area contributed by atoms with Gasteiger partial charge in [0.2, 0.25) is 5.88 Å². The van der Waals surface area contributed by atoms with Gasteiger partial charge in [0.05, 0.1) is 0 Å². The van der Waals surface area contributed by atoms with Crippen molar-refractivity contribution in [1.82, 2.24) is 14.9 Å². The molecule has 0 saturated carbocycles. The molecular formula is C11H18N4O. The van der Waals surface area contributed by atoms with Crippen LogP contribution in [0.5, 0.6) is 5.88 Å². The third-order valence-corrected chi connectivity index (χ3v) is 2.75. The number of nitrogens with zero attached hydrogens (tertiary/aromatic N) is 3. The molecule has 1 fully saturated rings. The summed E-state index contributed by atoms with van der Waals surface area (Å²) in [6.07, 6.45) is 4.14. The second-order valence-corrected chi connectivity index (χ2v) is 3.89. The number of anilines is 1. The van der Waals surface area contributed by atoms with E-state index in [0.717, 1.165) is 12.4 Å². The largest absolute Gasteiger partial charge is 0.476 e. The van der Waals surface area contributed by atoms with Crippen LogP contribution in [0.25, 0.3) is 0 Å². The van der Waals surface area contributed by atoms with Crippen LogP contribution >= 0.6 is 0 Å². The van der Waals surface area contributed by atoms with Gasteiger partial charge in [0.25, 0.3) is 0 Å². The second-order valence-electron chi connectivity index (χ2n) is 3.89. The molecule has 2 heterocycles. The zero-order chi connectivity index (χ0) is 11.2. The van der Waals surface area contributed by atoms with Gasteiger partial charge in [-0.2, -0.15) is 0 Å². The van der Waals surface area contributed by atoms with Crippen LogP contribution in [0.15, 0.2) is 12.4 Å². The predicted octanol–water partition coefficient (Wildman–Crippen LogP) is 0.993. The van der Waals surface area contributed by atoms with Gasteiger partial charge in [0, 0.05) is 19.7 Å². The van der Waals surface area contributed by atoms with Gasteiger partial charge in [-0.05, 0) is 25.9 Å². The van der Waals surface area contributed by atoms with Crippen molar-refractivity contribution in [3.8, 4) is 5.88 Å². The molecule has 5 heteroatoms. The summed E-state index contributed by atoms with van der Waals surface area (Å²) in [5, 5.41) is 2.96. The molecule has 1 saturated heterocycles. The van der Waals surface area contributed by atoms with E-state index in [1.54, 1.807) is 0 Å². The lowest BCUT2D eigenvalue weighted by molar-refractivity contribution is 0.232. The SMILES string of the molecule is CNc1cc(OCCN2CCCC2)ncn1. The first-order chi connectivity index (χ1) is 7.88. The van der Waals surface area contributed by atoms with Crippen molar-refractivity contribution in [2.75, 3.05) is 38.6 Å². The summed E-state index contributed by atoms with van der Waals surface area (Å²) < 4.78 is 5.58. The van der Waals surface area contributed by atoms with Gasteiger partial charge in [0.1, 0.15) is 18.8 Å². The average Bonchev–Trinajstić information content (AvgIpc) is 2.82. The van der Waals surface area contributed by atoms with E-state index in [1.165, 1.54) is 32.3 Å². The van der Waals surface area contributed by atoms with Crippen molar-refractivity contribution >= 4 is 5.82 Å². The molecule has 1 aliphatic rings. The highest BCUT2D eigenvalue weighted by molar-refractivity contribution is 5.35. The molecule has 1 aromatic heterocycles. The first kappa shape index (κ1) is 11.1. The monoisotopic (exact) mass is 222 g/mol. The van der Waals surface area contributed by atoms with E-state index < -0.39 is 0 Å². The van der Waals surface area contributed by atoms with Gasteiger partial charge >= 0.3 is 0 Å². The Bertz CT molecular complexity index is 326. The maximum Gasteiger partial charge on any atom is 0.218 e. The average molecular weight is 222 g/mol. The van der Waals surface area contributed by atoms with Crippen LogP contribution in [0.4, 0.5) is 5.82 Å². The third kappa shape index (κ3) is 3.06. The maximum atomic E-state index is 5.58. The number of hydrogen-bond acceptors (Lipinski definition) is 5. The minimum absolute atomic E-state index is 0.638. The van der Waals surface area contributed by atoms with Crippen molar-refractivity contribution in [3.05, 3.63) is 12.4 Å². The molecule has 1 N–H and O–H groups in total. The van der Waals surface area contributed by atoms with Crippen LogP contribution in [0.2, 0.25) is 0 Å². The fourth-order valence-electron chi connectivity index (χ4n) is 1.84. The van der Waals surface area contributed by atoms with E-state index >= 15 is 0 Å². The van der Waals surface area contributed by atoms with Crippen LogP contribution in [-0.2, 0) is 0 Å². The Morgan fingerprint density at radius 1 is 1.38 bits per heavy atom. The first-order valence-electron chi connectivity index (χ1n) is 5.73. The number of likely N-dealkylation sites (tertiary alicyclic amines) is 1. The molecule has 0 unspecified atom stereocenters. The second kappa shape index (κ2) is 5.65. The Morgan fingerprint density at radius 3 is 2.94 bits per heavy atom. The summed E-state index contributed by atoms with van der Waals surface area (Å²) in [5.74, 6) is 1.42. The fraction of sp³-hybridized carbons (Fsp3) is 0.636. The number of hydrogen-bond donors (Lipinski definition) is 1. The minimum atomic E-state index is 0.638. The zero-order valence-electron chi connectivity index (χ0n) is 9.65. The predicted molar refractivity (Wildman–Crippen MR) is 62.7 cm³/mol. The topological polar surface area (TPSA) is 50.3 Å². The molecule has 0 amide bonds. The van der Waals surface area contributed by atoms with Crippen molar-refractivity contribution in [2.24, 2.45) is 0 Å². The Morgan fingerprint density at radius 2 is 2.19 bits per heavy atom. The molecule has 0 bridgehead atoms. The van der Waals surface area contributed by atoms with Crippen molar-refractivity contribution in [2.45, 2.75) is 12.8 Å². The number of aromatic nitrogens is 2. The molecule has 0 radical (unpaired) electrons. The van der Waals surface area contributed by atoms with Crippen molar-refractivity contribution < 1.29 is 4.74 Å². The Labute approximate surface area is 95.8 Å². The number of rotatable bonds is 5. The first-order valence-corrected chi connectivity index (χ1v) is 5.73. The molecule has 0 aliphatic carbocycles. The normalized spacial score (nSPS) is 16.3. The van der Waals surface area contributed by atoms with Gasteiger partial charge in [-0.1, -0.05) is 0 Å².